The third-order valence-electron chi connectivity index (χ3n) is 5.77. The van der Waals surface area contributed by atoms with Crippen LogP contribution in [0.15, 0.2) is 65.3 Å². The van der Waals surface area contributed by atoms with Gasteiger partial charge in [0.15, 0.2) is 6.04 Å². The molecule has 0 amide bonds. The predicted molar refractivity (Wildman–Crippen MR) is 120 cm³/mol. The molecular weight excluding hydrogens is 442 g/mol. The Labute approximate surface area is 195 Å². The molecule has 2 aliphatic rings. The second kappa shape index (κ2) is 8.86. The smallest absolute Gasteiger partial charge is 0.340 e. The van der Waals surface area contributed by atoms with Gasteiger partial charge in [-0.15, -0.1) is 0 Å². The van der Waals surface area contributed by atoms with Crippen LogP contribution in [0.2, 0.25) is 0 Å². The number of hydrogen-bond acceptors (Lipinski definition) is 9. The maximum absolute atomic E-state index is 13.2. The summed E-state index contributed by atoms with van der Waals surface area (Å²) >= 11 is 0. The molecule has 4 rings (SSSR count). The van der Waals surface area contributed by atoms with E-state index in [4.69, 9.17) is 18.9 Å². The quantitative estimate of drug-likeness (QED) is 0.498. The van der Waals surface area contributed by atoms with Crippen molar-refractivity contribution in [1.82, 2.24) is 0 Å². The summed E-state index contributed by atoms with van der Waals surface area (Å²) in [6.45, 7) is 0. The predicted octanol–water partition coefficient (Wildman–Crippen LogP) is 2.26. The Morgan fingerprint density at radius 3 is 1.76 bits per heavy atom. The summed E-state index contributed by atoms with van der Waals surface area (Å²) in [5, 5.41) is 0. The fourth-order valence-electron chi connectivity index (χ4n) is 4.40. The average molecular weight is 463 g/mol. The van der Waals surface area contributed by atoms with Gasteiger partial charge in [0.1, 0.15) is 0 Å². The van der Waals surface area contributed by atoms with Gasteiger partial charge in [0.25, 0.3) is 0 Å². The van der Waals surface area contributed by atoms with Gasteiger partial charge in [0.2, 0.25) is 0 Å². The molecule has 0 spiro atoms. The SMILES string of the molecule is COC(=O)C1=C(C(=O)OC)C(C(=O)OC)N2C(=C1C(=O)OC)c1ccccc1-c1ccccc12. The van der Waals surface area contributed by atoms with Gasteiger partial charge in [0.05, 0.1) is 56.5 Å². The number of anilines is 1. The van der Waals surface area contributed by atoms with Crippen molar-refractivity contribution in [2.75, 3.05) is 33.3 Å². The van der Waals surface area contributed by atoms with Gasteiger partial charge in [-0.05, 0) is 11.6 Å². The highest BCUT2D eigenvalue weighted by Gasteiger charge is 2.50. The van der Waals surface area contributed by atoms with Crippen LogP contribution in [0.1, 0.15) is 5.56 Å². The summed E-state index contributed by atoms with van der Waals surface area (Å²) in [6, 6.07) is 13.0. The van der Waals surface area contributed by atoms with Gasteiger partial charge in [-0.1, -0.05) is 42.5 Å². The van der Waals surface area contributed by atoms with Crippen LogP contribution < -0.4 is 4.90 Å². The molecule has 0 bridgehead atoms. The lowest BCUT2D eigenvalue weighted by atomic mass is 9.80. The first-order valence-corrected chi connectivity index (χ1v) is 10.2. The third kappa shape index (κ3) is 3.24. The molecule has 2 aromatic carbocycles. The van der Waals surface area contributed by atoms with Crippen LogP contribution in [-0.2, 0) is 38.1 Å². The summed E-state index contributed by atoms with van der Waals surface area (Å²) in [4.78, 5) is 53.9. The van der Waals surface area contributed by atoms with Crippen molar-refractivity contribution in [1.29, 1.82) is 0 Å². The monoisotopic (exact) mass is 463 g/mol. The molecule has 9 nitrogen and oxygen atoms in total. The number of nitrogens with zero attached hydrogens (tertiary/aromatic N) is 1. The van der Waals surface area contributed by atoms with E-state index in [0.717, 1.165) is 39.6 Å². The maximum atomic E-state index is 13.2. The summed E-state index contributed by atoms with van der Waals surface area (Å²) in [5.74, 6) is -3.72. The first-order valence-electron chi connectivity index (χ1n) is 10.2. The van der Waals surface area contributed by atoms with Crippen molar-refractivity contribution < 1.29 is 38.1 Å². The van der Waals surface area contributed by atoms with E-state index in [1.165, 1.54) is 4.90 Å². The van der Waals surface area contributed by atoms with E-state index in [9.17, 15) is 19.2 Å². The summed E-state index contributed by atoms with van der Waals surface area (Å²) < 4.78 is 19.9. The summed E-state index contributed by atoms with van der Waals surface area (Å²) in [5.41, 5.74) is 1.78. The Hall–Kier alpha value is -4.40. The number of esters is 4. The number of carbonyl (C=O) groups excluding carboxylic acids is 4. The normalized spacial score (nSPS) is 16.1. The molecule has 0 saturated carbocycles. The number of benzene rings is 2. The molecule has 9 heteroatoms. The minimum Gasteiger partial charge on any atom is -0.467 e. The van der Waals surface area contributed by atoms with Crippen LogP contribution in [0.4, 0.5) is 5.69 Å². The molecule has 0 N–H and O–H groups in total. The highest BCUT2D eigenvalue weighted by Crippen LogP contribution is 2.51. The van der Waals surface area contributed by atoms with E-state index in [-0.39, 0.29) is 16.8 Å². The number of carbonyl (C=O) groups is 4. The highest BCUT2D eigenvalue weighted by atomic mass is 16.5. The van der Waals surface area contributed by atoms with Crippen molar-refractivity contribution in [2.45, 2.75) is 6.04 Å². The van der Waals surface area contributed by atoms with Gasteiger partial charge in [-0.3, -0.25) is 0 Å². The highest BCUT2D eigenvalue weighted by molar-refractivity contribution is 6.23. The lowest BCUT2D eigenvalue weighted by molar-refractivity contribution is -0.145. The zero-order valence-electron chi connectivity index (χ0n) is 18.9. The number of rotatable bonds is 4. The molecule has 174 valence electrons. The minimum absolute atomic E-state index is 0.213. The Kier molecular flexibility index (Phi) is 5.93. The van der Waals surface area contributed by atoms with Crippen LogP contribution in [0.25, 0.3) is 16.8 Å². The molecule has 0 aliphatic carbocycles. The Bertz CT molecular complexity index is 1290. The molecule has 34 heavy (non-hydrogen) atoms. The largest absolute Gasteiger partial charge is 0.467 e. The molecule has 1 unspecified atom stereocenters. The fraction of sp³-hybridized carbons (Fsp3) is 0.200. The van der Waals surface area contributed by atoms with Gasteiger partial charge < -0.3 is 23.8 Å². The van der Waals surface area contributed by atoms with E-state index in [1.807, 2.05) is 24.3 Å². The lowest BCUT2D eigenvalue weighted by Crippen LogP contribution is -2.50. The molecule has 0 fully saturated rings. The maximum Gasteiger partial charge on any atom is 0.340 e. The van der Waals surface area contributed by atoms with E-state index in [0.29, 0.717) is 11.3 Å². The summed E-state index contributed by atoms with van der Waals surface area (Å²) in [7, 11) is 4.53. The molecule has 0 saturated heterocycles. The first-order chi connectivity index (χ1) is 16.4. The fourth-order valence-corrected chi connectivity index (χ4v) is 4.40. The van der Waals surface area contributed by atoms with Gasteiger partial charge in [-0.25, -0.2) is 19.2 Å². The van der Waals surface area contributed by atoms with Crippen molar-refractivity contribution in [3.05, 3.63) is 70.8 Å². The van der Waals surface area contributed by atoms with Gasteiger partial charge in [-0.2, -0.15) is 0 Å². The topological polar surface area (TPSA) is 108 Å². The second-order valence-electron chi connectivity index (χ2n) is 7.35. The van der Waals surface area contributed by atoms with Crippen molar-refractivity contribution in [3.8, 4) is 11.1 Å². The first kappa shape index (κ1) is 22.8. The van der Waals surface area contributed by atoms with E-state index < -0.39 is 35.5 Å². The van der Waals surface area contributed by atoms with Crippen molar-refractivity contribution >= 4 is 35.3 Å². The average Bonchev–Trinajstić information content (AvgIpc) is 2.89. The van der Waals surface area contributed by atoms with Crippen LogP contribution in [0.3, 0.4) is 0 Å². The van der Waals surface area contributed by atoms with E-state index in [2.05, 4.69) is 0 Å². The standard InChI is InChI=1S/C25H21NO8/c1-31-22(27)17-18(23(28)32-2)20-15-11-6-5-9-13(15)14-10-7-8-12-16(14)26(20)21(25(30)34-4)19(17)24(29)33-3/h5-12,21H,1-4H3. The molecule has 0 radical (unpaired) electrons. The zero-order chi connectivity index (χ0) is 24.6. The Balaban J connectivity index is 2.25. The van der Waals surface area contributed by atoms with Crippen LogP contribution in [-0.4, -0.2) is 58.4 Å². The van der Waals surface area contributed by atoms with Crippen LogP contribution in [0.5, 0.6) is 0 Å². The Morgan fingerprint density at radius 1 is 0.647 bits per heavy atom. The summed E-state index contributed by atoms with van der Waals surface area (Å²) in [6.07, 6.45) is 0. The molecular formula is C25H21NO8. The number of fused-ring (bicyclic) bond motifs is 6. The van der Waals surface area contributed by atoms with Crippen molar-refractivity contribution in [2.24, 2.45) is 0 Å². The van der Waals surface area contributed by atoms with Crippen molar-refractivity contribution in [3.63, 3.8) is 0 Å². The number of para-hydroxylation sites is 1. The van der Waals surface area contributed by atoms with E-state index >= 15 is 0 Å². The minimum atomic E-state index is -1.44. The van der Waals surface area contributed by atoms with Gasteiger partial charge >= 0.3 is 23.9 Å². The number of ether oxygens (including phenoxy) is 4. The van der Waals surface area contributed by atoms with Crippen LogP contribution >= 0.6 is 0 Å². The number of methoxy groups -OCH3 is 4. The van der Waals surface area contributed by atoms with Crippen LogP contribution in [0, 0.1) is 0 Å². The lowest BCUT2D eigenvalue weighted by Gasteiger charge is -2.43. The Morgan fingerprint density at radius 2 is 1.18 bits per heavy atom. The van der Waals surface area contributed by atoms with Gasteiger partial charge in [0, 0.05) is 11.1 Å². The van der Waals surface area contributed by atoms with E-state index in [1.54, 1.807) is 24.3 Å². The molecule has 2 heterocycles. The third-order valence-corrected chi connectivity index (χ3v) is 5.77. The molecule has 1 atom stereocenters. The zero-order valence-corrected chi connectivity index (χ0v) is 18.9. The molecule has 2 aromatic rings. The molecule has 2 aliphatic heterocycles. The molecule has 0 aromatic heterocycles. The number of hydrogen-bond donors (Lipinski definition) is 0. The second-order valence-corrected chi connectivity index (χ2v) is 7.35.